The van der Waals surface area contributed by atoms with Crippen LogP contribution in [0.25, 0.3) is 0 Å². The van der Waals surface area contributed by atoms with Gasteiger partial charge in [0, 0.05) is 11.1 Å². The highest BCUT2D eigenvalue weighted by Crippen LogP contribution is 2.22. The monoisotopic (exact) mass is 419 g/mol. The lowest BCUT2D eigenvalue weighted by Gasteiger charge is -2.22. The van der Waals surface area contributed by atoms with Gasteiger partial charge in [0.25, 0.3) is 11.8 Å². The predicted molar refractivity (Wildman–Crippen MR) is 114 cm³/mol. The van der Waals surface area contributed by atoms with E-state index in [2.05, 4.69) is 36.7 Å². The molecule has 0 heterocycles. The van der Waals surface area contributed by atoms with Crippen molar-refractivity contribution >= 4 is 23.8 Å². The molecule has 166 valence electrons. The number of urea groups is 1. The highest BCUT2D eigenvalue weighted by molar-refractivity contribution is 5.99. The minimum atomic E-state index is -1.20. The van der Waals surface area contributed by atoms with Crippen LogP contribution in [-0.4, -0.2) is 41.5 Å². The maximum absolute atomic E-state index is 12.4. The zero-order valence-corrected chi connectivity index (χ0v) is 19.0. The second-order valence-corrected chi connectivity index (χ2v) is 9.29. The highest BCUT2D eigenvalue weighted by Gasteiger charge is 2.25. The van der Waals surface area contributed by atoms with Gasteiger partial charge in [0.1, 0.15) is 6.04 Å². The van der Waals surface area contributed by atoms with Crippen LogP contribution < -0.4 is 16.0 Å². The molecule has 0 unspecified atom stereocenters. The molecule has 0 radical (unpaired) electrons. The van der Waals surface area contributed by atoms with Crippen molar-refractivity contribution in [3.8, 4) is 0 Å². The maximum atomic E-state index is 12.4. The van der Waals surface area contributed by atoms with E-state index < -0.39 is 41.5 Å². The lowest BCUT2D eigenvalue weighted by atomic mass is 9.86. The van der Waals surface area contributed by atoms with Crippen LogP contribution in [0, 0.1) is 0 Å². The normalized spacial score (nSPS) is 13.6. The second-order valence-electron chi connectivity index (χ2n) is 9.29. The molecule has 0 aliphatic rings. The first-order valence-electron chi connectivity index (χ1n) is 9.85. The molecule has 0 fully saturated rings. The van der Waals surface area contributed by atoms with E-state index in [1.54, 1.807) is 32.9 Å². The van der Waals surface area contributed by atoms with E-state index in [0.717, 1.165) is 5.56 Å². The number of hydrogen-bond donors (Lipinski definition) is 3. The molecule has 1 aromatic carbocycles. The molecule has 2 atom stereocenters. The average Bonchev–Trinajstić information content (AvgIpc) is 2.59. The number of amides is 4. The van der Waals surface area contributed by atoms with Crippen LogP contribution in [0.2, 0.25) is 0 Å². The van der Waals surface area contributed by atoms with Gasteiger partial charge in [-0.15, -0.1) is 0 Å². The van der Waals surface area contributed by atoms with Gasteiger partial charge >= 0.3 is 12.0 Å². The minimum Gasteiger partial charge on any atom is -0.451 e. The van der Waals surface area contributed by atoms with Gasteiger partial charge in [-0.3, -0.25) is 14.9 Å². The molecule has 0 aromatic heterocycles. The molecular formula is C22H33N3O5. The molecule has 0 saturated carbocycles. The zero-order chi connectivity index (χ0) is 23.3. The maximum Gasteiger partial charge on any atom is 0.329 e. The number of nitrogens with one attached hydrogen (secondary N) is 3. The molecule has 0 bridgehead atoms. The Morgan fingerprint density at radius 1 is 0.900 bits per heavy atom. The fourth-order valence-electron chi connectivity index (χ4n) is 2.38. The van der Waals surface area contributed by atoms with Crippen molar-refractivity contribution in [2.45, 2.75) is 78.5 Å². The minimum absolute atomic E-state index is 0.0351. The van der Waals surface area contributed by atoms with E-state index in [1.165, 1.54) is 13.8 Å². The average molecular weight is 420 g/mol. The van der Waals surface area contributed by atoms with Crippen molar-refractivity contribution in [2.24, 2.45) is 0 Å². The molecule has 3 N–H and O–H groups in total. The van der Waals surface area contributed by atoms with Crippen molar-refractivity contribution < 1.29 is 23.9 Å². The van der Waals surface area contributed by atoms with Gasteiger partial charge in [0.15, 0.2) is 6.10 Å². The van der Waals surface area contributed by atoms with E-state index in [1.807, 2.05) is 12.1 Å². The van der Waals surface area contributed by atoms with Crippen LogP contribution in [0.5, 0.6) is 0 Å². The number of esters is 1. The van der Waals surface area contributed by atoms with Crippen LogP contribution in [0.3, 0.4) is 0 Å². The Kier molecular flexibility index (Phi) is 8.16. The molecule has 0 saturated heterocycles. The van der Waals surface area contributed by atoms with E-state index in [4.69, 9.17) is 4.74 Å². The van der Waals surface area contributed by atoms with Crippen LogP contribution >= 0.6 is 0 Å². The Bertz CT molecular complexity index is 788. The summed E-state index contributed by atoms with van der Waals surface area (Å²) >= 11 is 0. The Morgan fingerprint density at radius 3 is 1.90 bits per heavy atom. The summed E-state index contributed by atoms with van der Waals surface area (Å²) in [6, 6.07) is 5.46. The molecule has 0 aliphatic heterocycles. The number of benzene rings is 1. The smallest absolute Gasteiger partial charge is 0.329 e. The Balaban J connectivity index is 2.60. The first-order valence-corrected chi connectivity index (χ1v) is 9.85. The number of rotatable bonds is 5. The SMILES string of the molecule is C[C@H](NC(=O)c1ccc(C(C)(C)C)cc1)C(=O)O[C@@H](C)C(=O)NC(=O)NC(C)(C)C. The summed E-state index contributed by atoms with van der Waals surface area (Å²) in [7, 11) is 0. The van der Waals surface area contributed by atoms with E-state index in [-0.39, 0.29) is 5.41 Å². The zero-order valence-electron chi connectivity index (χ0n) is 19.0. The highest BCUT2D eigenvalue weighted by atomic mass is 16.5. The summed E-state index contributed by atoms with van der Waals surface area (Å²) in [5, 5.41) is 7.23. The van der Waals surface area contributed by atoms with Gasteiger partial charge in [-0.05, 0) is 57.7 Å². The molecule has 0 aliphatic carbocycles. The van der Waals surface area contributed by atoms with Gasteiger partial charge in [-0.2, -0.15) is 0 Å². The summed E-state index contributed by atoms with van der Waals surface area (Å²) < 4.78 is 5.06. The van der Waals surface area contributed by atoms with E-state index in [9.17, 15) is 19.2 Å². The molecule has 8 heteroatoms. The van der Waals surface area contributed by atoms with E-state index >= 15 is 0 Å². The molecule has 30 heavy (non-hydrogen) atoms. The third-order valence-corrected chi connectivity index (χ3v) is 4.10. The van der Waals surface area contributed by atoms with Crippen LogP contribution in [-0.2, 0) is 19.7 Å². The predicted octanol–water partition coefficient (Wildman–Crippen LogP) is 2.66. The summed E-state index contributed by atoms with van der Waals surface area (Å²) in [5.41, 5.74) is 0.940. The first-order chi connectivity index (χ1) is 13.6. The molecule has 1 rings (SSSR count). The van der Waals surface area contributed by atoms with Gasteiger partial charge < -0.3 is 15.4 Å². The lowest BCUT2D eigenvalue weighted by molar-refractivity contribution is -0.155. The Labute approximate surface area is 178 Å². The quantitative estimate of drug-likeness (QED) is 0.635. The lowest BCUT2D eigenvalue weighted by Crippen LogP contribution is -2.51. The Hall–Kier alpha value is -2.90. The van der Waals surface area contributed by atoms with Crippen LogP contribution in [0.15, 0.2) is 24.3 Å². The fourth-order valence-corrected chi connectivity index (χ4v) is 2.38. The third-order valence-electron chi connectivity index (χ3n) is 4.10. The number of ether oxygens (including phenoxy) is 1. The van der Waals surface area contributed by atoms with Crippen molar-refractivity contribution in [1.82, 2.24) is 16.0 Å². The van der Waals surface area contributed by atoms with Gasteiger partial charge in [0.05, 0.1) is 0 Å². The number of carbonyl (C=O) groups excluding carboxylic acids is 4. The van der Waals surface area contributed by atoms with Crippen LogP contribution in [0.1, 0.15) is 71.3 Å². The molecule has 8 nitrogen and oxygen atoms in total. The second kappa shape index (κ2) is 9.73. The summed E-state index contributed by atoms with van der Waals surface area (Å²) in [6.45, 7) is 14.3. The van der Waals surface area contributed by atoms with Gasteiger partial charge in [0.2, 0.25) is 0 Å². The molecular weight excluding hydrogens is 386 g/mol. The number of hydrogen-bond acceptors (Lipinski definition) is 5. The third kappa shape index (κ3) is 8.23. The summed E-state index contributed by atoms with van der Waals surface area (Å²) in [5.74, 6) is -1.98. The Morgan fingerprint density at radius 2 is 1.43 bits per heavy atom. The topological polar surface area (TPSA) is 114 Å². The van der Waals surface area contributed by atoms with Crippen LogP contribution in [0.4, 0.5) is 4.79 Å². The fraction of sp³-hybridized carbons (Fsp3) is 0.545. The van der Waals surface area contributed by atoms with Gasteiger partial charge in [-0.25, -0.2) is 9.59 Å². The molecule has 4 amide bonds. The summed E-state index contributed by atoms with van der Waals surface area (Å²) in [6.07, 6.45) is -1.20. The summed E-state index contributed by atoms with van der Waals surface area (Å²) in [4.78, 5) is 48.3. The standard InChI is InChI=1S/C22H33N3O5/c1-13(23-18(27)15-9-11-16(12-10-15)21(3,4)5)19(28)30-14(2)17(26)24-20(29)25-22(6,7)8/h9-14H,1-8H3,(H,23,27)(H2,24,25,26,29)/t13-,14-/m0/s1. The van der Waals surface area contributed by atoms with Crippen molar-refractivity contribution in [2.75, 3.05) is 0 Å². The number of imide groups is 1. The van der Waals surface area contributed by atoms with E-state index in [0.29, 0.717) is 5.56 Å². The largest absolute Gasteiger partial charge is 0.451 e. The van der Waals surface area contributed by atoms with Crippen molar-refractivity contribution in [3.05, 3.63) is 35.4 Å². The van der Waals surface area contributed by atoms with Gasteiger partial charge in [-0.1, -0.05) is 32.9 Å². The molecule has 0 spiro atoms. The van der Waals surface area contributed by atoms with Crippen molar-refractivity contribution in [3.63, 3.8) is 0 Å². The van der Waals surface area contributed by atoms with Crippen molar-refractivity contribution in [1.29, 1.82) is 0 Å². The number of carbonyl (C=O) groups is 4. The first kappa shape index (κ1) is 25.1. The molecule has 1 aromatic rings.